The predicted octanol–water partition coefficient (Wildman–Crippen LogP) is 2.62. The normalized spacial score (nSPS) is 10.6. The zero-order valence-electron chi connectivity index (χ0n) is 12.9. The highest BCUT2D eigenvalue weighted by molar-refractivity contribution is 6.31. The van der Waals surface area contributed by atoms with Gasteiger partial charge in [-0.15, -0.1) is 0 Å². The number of nitrogens with zero attached hydrogens (tertiary/aromatic N) is 1. The number of methoxy groups -OCH3 is 2. The Bertz CT molecular complexity index is 1050. The molecule has 0 aliphatic rings. The molecule has 0 amide bonds. The minimum absolute atomic E-state index is 0.0648. The number of rotatable bonds is 3. The maximum Gasteiger partial charge on any atom is 0.291 e. The van der Waals surface area contributed by atoms with Crippen molar-refractivity contribution in [2.24, 2.45) is 0 Å². The highest BCUT2D eigenvalue weighted by atomic mass is 35.5. The molecule has 2 heterocycles. The fraction of sp³-hybridized carbons (Fsp3) is 0.118. The van der Waals surface area contributed by atoms with Crippen molar-refractivity contribution in [2.45, 2.75) is 0 Å². The Morgan fingerprint density at radius 3 is 2.58 bits per heavy atom. The van der Waals surface area contributed by atoms with Crippen LogP contribution in [-0.4, -0.2) is 24.2 Å². The van der Waals surface area contributed by atoms with Crippen LogP contribution in [0.2, 0.25) is 5.02 Å². The van der Waals surface area contributed by atoms with Gasteiger partial charge in [0.15, 0.2) is 5.75 Å². The first-order valence-electron chi connectivity index (χ1n) is 7.00. The van der Waals surface area contributed by atoms with Crippen LogP contribution < -0.4 is 20.5 Å². The number of H-pyrrole nitrogens is 1. The Labute approximate surface area is 141 Å². The number of benzene rings is 1. The molecule has 0 radical (unpaired) electrons. The van der Waals surface area contributed by atoms with Crippen LogP contribution in [-0.2, 0) is 0 Å². The van der Waals surface area contributed by atoms with Crippen LogP contribution in [0.3, 0.4) is 0 Å². The minimum Gasteiger partial charge on any atom is -0.490 e. The molecule has 3 aromatic rings. The van der Waals surface area contributed by atoms with Crippen LogP contribution in [0.1, 0.15) is 0 Å². The lowest BCUT2D eigenvalue weighted by Gasteiger charge is -2.05. The summed E-state index contributed by atoms with van der Waals surface area (Å²) in [6.45, 7) is 0. The topological polar surface area (TPSA) is 81.3 Å². The van der Waals surface area contributed by atoms with E-state index in [1.807, 2.05) is 0 Å². The van der Waals surface area contributed by atoms with Crippen LogP contribution in [0.4, 0.5) is 0 Å². The molecule has 0 saturated heterocycles. The minimum atomic E-state index is -0.550. The molecular formula is C17H13ClN2O4. The van der Waals surface area contributed by atoms with E-state index in [-0.39, 0.29) is 17.0 Å². The van der Waals surface area contributed by atoms with Gasteiger partial charge in [0.05, 0.1) is 31.0 Å². The molecule has 0 saturated carbocycles. The molecule has 1 aromatic carbocycles. The average molecular weight is 345 g/mol. The van der Waals surface area contributed by atoms with E-state index in [2.05, 4.69) is 9.97 Å². The third-order valence-corrected chi connectivity index (χ3v) is 3.76. The van der Waals surface area contributed by atoms with Crippen molar-refractivity contribution in [3.8, 4) is 22.9 Å². The SMILES string of the molecule is COc1cccc(-c2c(OC)c(=O)[nH]c3cc(Cl)ccc3c2=O)n1. The van der Waals surface area contributed by atoms with Crippen molar-refractivity contribution >= 4 is 22.5 Å². The Morgan fingerprint density at radius 2 is 1.88 bits per heavy atom. The van der Waals surface area contributed by atoms with E-state index in [0.717, 1.165) is 0 Å². The van der Waals surface area contributed by atoms with Gasteiger partial charge in [-0.25, -0.2) is 4.98 Å². The molecule has 6 nitrogen and oxygen atoms in total. The molecule has 122 valence electrons. The van der Waals surface area contributed by atoms with Gasteiger partial charge in [0.25, 0.3) is 5.56 Å². The number of hydrogen-bond donors (Lipinski definition) is 1. The van der Waals surface area contributed by atoms with Crippen molar-refractivity contribution in [1.82, 2.24) is 9.97 Å². The zero-order chi connectivity index (χ0) is 17.3. The number of halogens is 1. The third-order valence-electron chi connectivity index (χ3n) is 3.53. The molecular weight excluding hydrogens is 332 g/mol. The molecule has 2 aromatic heterocycles. The molecule has 24 heavy (non-hydrogen) atoms. The molecule has 0 aliphatic carbocycles. The largest absolute Gasteiger partial charge is 0.490 e. The Hall–Kier alpha value is -2.86. The van der Waals surface area contributed by atoms with E-state index in [0.29, 0.717) is 21.8 Å². The van der Waals surface area contributed by atoms with Gasteiger partial charge >= 0.3 is 0 Å². The lowest BCUT2D eigenvalue weighted by atomic mass is 10.1. The van der Waals surface area contributed by atoms with Gasteiger partial charge in [-0.3, -0.25) is 9.59 Å². The van der Waals surface area contributed by atoms with Crippen LogP contribution in [0.5, 0.6) is 11.6 Å². The fourth-order valence-corrected chi connectivity index (χ4v) is 2.62. The van der Waals surface area contributed by atoms with Crippen molar-refractivity contribution in [3.05, 3.63) is 62.0 Å². The standard InChI is InChI=1S/C17H13ClN2O4/c1-23-13-5-3-4-11(19-13)14-15(21)10-7-6-9(18)8-12(10)20-17(22)16(14)24-2/h3-8H,1-2H3,(H,20,22). The van der Waals surface area contributed by atoms with Crippen LogP contribution >= 0.6 is 11.6 Å². The first kappa shape index (κ1) is 16.0. The zero-order valence-corrected chi connectivity index (χ0v) is 13.7. The highest BCUT2D eigenvalue weighted by Crippen LogP contribution is 2.25. The fourth-order valence-electron chi connectivity index (χ4n) is 2.44. The first-order chi connectivity index (χ1) is 11.5. The second-order valence-electron chi connectivity index (χ2n) is 4.95. The molecule has 0 unspecified atom stereocenters. The van der Waals surface area contributed by atoms with E-state index in [9.17, 15) is 9.59 Å². The van der Waals surface area contributed by atoms with E-state index in [1.54, 1.807) is 30.3 Å². The van der Waals surface area contributed by atoms with E-state index in [4.69, 9.17) is 21.1 Å². The molecule has 0 aliphatic heterocycles. The number of aromatic amines is 1. The van der Waals surface area contributed by atoms with Crippen molar-refractivity contribution < 1.29 is 9.47 Å². The highest BCUT2D eigenvalue weighted by Gasteiger charge is 2.17. The van der Waals surface area contributed by atoms with Gasteiger partial charge in [-0.1, -0.05) is 17.7 Å². The first-order valence-corrected chi connectivity index (χ1v) is 7.38. The van der Waals surface area contributed by atoms with Gasteiger partial charge in [-0.05, 0) is 24.3 Å². The average Bonchev–Trinajstić information content (AvgIpc) is 2.68. The maximum absolute atomic E-state index is 13.0. The second kappa shape index (κ2) is 6.33. The number of ether oxygens (including phenoxy) is 2. The third kappa shape index (κ3) is 2.72. The Balaban J connectivity index is 2.50. The van der Waals surface area contributed by atoms with E-state index < -0.39 is 11.0 Å². The summed E-state index contributed by atoms with van der Waals surface area (Å²) >= 11 is 5.95. The van der Waals surface area contributed by atoms with Crippen molar-refractivity contribution in [1.29, 1.82) is 0 Å². The van der Waals surface area contributed by atoms with Gasteiger partial charge in [0.1, 0.15) is 0 Å². The van der Waals surface area contributed by atoms with Crippen LogP contribution in [0.15, 0.2) is 46.0 Å². The predicted molar refractivity (Wildman–Crippen MR) is 92.2 cm³/mol. The number of hydrogen-bond acceptors (Lipinski definition) is 5. The molecule has 0 bridgehead atoms. The molecule has 0 spiro atoms. The summed E-state index contributed by atoms with van der Waals surface area (Å²) in [6.07, 6.45) is 0. The van der Waals surface area contributed by atoms with Gasteiger partial charge < -0.3 is 14.5 Å². The lowest BCUT2D eigenvalue weighted by Crippen LogP contribution is -2.11. The number of nitrogens with one attached hydrogen (secondary N) is 1. The van der Waals surface area contributed by atoms with Crippen molar-refractivity contribution in [3.63, 3.8) is 0 Å². The molecule has 0 fully saturated rings. The summed E-state index contributed by atoms with van der Waals surface area (Å²) < 4.78 is 10.3. The summed E-state index contributed by atoms with van der Waals surface area (Å²) in [6, 6.07) is 9.59. The summed E-state index contributed by atoms with van der Waals surface area (Å²) in [5.41, 5.74) is -0.266. The van der Waals surface area contributed by atoms with Crippen LogP contribution in [0.25, 0.3) is 22.2 Å². The Morgan fingerprint density at radius 1 is 1.08 bits per heavy atom. The van der Waals surface area contributed by atoms with E-state index in [1.165, 1.54) is 20.3 Å². The summed E-state index contributed by atoms with van der Waals surface area (Å²) in [5, 5.41) is 0.711. The monoisotopic (exact) mass is 344 g/mol. The number of pyridine rings is 1. The van der Waals surface area contributed by atoms with Crippen LogP contribution in [0, 0.1) is 0 Å². The molecule has 7 heteroatoms. The Kier molecular flexibility index (Phi) is 4.22. The molecule has 0 atom stereocenters. The number of aromatic nitrogens is 2. The smallest absolute Gasteiger partial charge is 0.291 e. The number of fused-ring (bicyclic) bond motifs is 1. The maximum atomic E-state index is 13.0. The van der Waals surface area contributed by atoms with Gasteiger partial charge in [0.2, 0.25) is 11.3 Å². The summed E-state index contributed by atoms with van der Waals surface area (Å²) in [5.74, 6) is 0.206. The van der Waals surface area contributed by atoms with Crippen molar-refractivity contribution in [2.75, 3.05) is 14.2 Å². The van der Waals surface area contributed by atoms with Gasteiger partial charge in [-0.2, -0.15) is 0 Å². The second-order valence-corrected chi connectivity index (χ2v) is 5.38. The van der Waals surface area contributed by atoms with E-state index >= 15 is 0 Å². The quantitative estimate of drug-likeness (QED) is 0.790. The summed E-state index contributed by atoms with van der Waals surface area (Å²) in [7, 11) is 2.79. The molecule has 1 N–H and O–H groups in total. The summed E-state index contributed by atoms with van der Waals surface area (Å²) in [4.78, 5) is 32.3. The lowest BCUT2D eigenvalue weighted by molar-refractivity contribution is 0.397. The van der Waals surface area contributed by atoms with Gasteiger partial charge in [0, 0.05) is 16.5 Å². The molecule has 3 rings (SSSR count).